The molecule has 0 aromatic heterocycles. The molecule has 0 saturated heterocycles. The lowest BCUT2D eigenvalue weighted by molar-refractivity contribution is -0.120. The maximum atomic E-state index is 13.3. The van der Waals surface area contributed by atoms with Crippen LogP contribution in [0.15, 0.2) is 58.6 Å². The summed E-state index contributed by atoms with van der Waals surface area (Å²) < 4.78 is 13.3. The maximum Gasteiger partial charge on any atom is 0.265 e. The molecular formula is C16H15FN2O2S. The van der Waals surface area contributed by atoms with Crippen molar-refractivity contribution in [3.63, 3.8) is 0 Å². The minimum absolute atomic E-state index is 0.242. The smallest absolute Gasteiger partial charge is 0.265 e. The monoisotopic (exact) mass is 318 g/mol. The minimum Gasteiger partial charge on any atom is -0.386 e. The van der Waals surface area contributed by atoms with Gasteiger partial charge < -0.3 is 10.2 Å². The van der Waals surface area contributed by atoms with Crippen molar-refractivity contribution in [3.8, 4) is 0 Å². The van der Waals surface area contributed by atoms with Crippen molar-refractivity contribution in [1.29, 1.82) is 0 Å². The predicted octanol–water partition coefficient (Wildman–Crippen LogP) is 3.54. The third-order valence-electron chi connectivity index (χ3n) is 2.72. The Hall–Kier alpha value is -2.34. The first-order valence-electron chi connectivity index (χ1n) is 6.53. The van der Waals surface area contributed by atoms with Crippen LogP contribution in [0.4, 0.5) is 10.1 Å². The summed E-state index contributed by atoms with van der Waals surface area (Å²) in [5, 5.41) is 6.29. The number of halogens is 1. The van der Waals surface area contributed by atoms with E-state index in [0.717, 1.165) is 4.90 Å². The molecule has 2 rings (SSSR count). The average Bonchev–Trinajstić information content (AvgIpc) is 2.53. The average molecular weight is 318 g/mol. The van der Waals surface area contributed by atoms with Crippen LogP contribution in [-0.4, -0.2) is 25.0 Å². The number of anilines is 1. The Morgan fingerprint density at radius 1 is 1.32 bits per heavy atom. The number of rotatable bonds is 6. The van der Waals surface area contributed by atoms with E-state index in [4.69, 9.17) is 4.84 Å². The molecular weight excluding hydrogens is 303 g/mol. The highest BCUT2D eigenvalue weighted by atomic mass is 32.2. The van der Waals surface area contributed by atoms with Crippen LogP contribution in [-0.2, 0) is 9.63 Å². The number of nitrogens with one attached hydrogen (secondary N) is 1. The molecule has 0 aliphatic carbocycles. The molecule has 1 amide bonds. The summed E-state index contributed by atoms with van der Waals surface area (Å²) >= 11 is 1.59. The number of carbonyl (C=O) groups is 1. The Bertz CT molecular complexity index is 677. The summed E-state index contributed by atoms with van der Waals surface area (Å²) in [5.74, 6) is -0.725. The second kappa shape index (κ2) is 8.19. The Morgan fingerprint density at radius 3 is 2.91 bits per heavy atom. The van der Waals surface area contributed by atoms with Gasteiger partial charge in [0.1, 0.15) is 5.82 Å². The van der Waals surface area contributed by atoms with Gasteiger partial charge in [-0.1, -0.05) is 29.4 Å². The largest absolute Gasteiger partial charge is 0.386 e. The van der Waals surface area contributed by atoms with Crippen molar-refractivity contribution in [3.05, 3.63) is 59.9 Å². The van der Waals surface area contributed by atoms with Crippen LogP contribution >= 0.6 is 11.8 Å². The zero-order chi connectivity index (χ0) is 15.8. The maximum absolute atomic E-state index is 13.3. The topological polar surface area (TPSA) is 50.7 Å². The van der Waals surface area contributed by atoms with Crippen LogP contribution < -0.4 is 5.32 Å². The lowest BCUT2D eigenvalue weighted by Gasteiger charge is -2.05. The van der Waals surface area contributed by atoms with Gasteiger partial charge >= 0.3 is 0 Å². The van der Waals surface area contributed by atoms with E-state index in [1.54, 1.807) is 36.0 Å². The normalized spacial score (nSPS) is 10.6. The van der Waals surface area contributed by atoms with Crippen LogP contribution in [0.25, 0.3) is 0 Å². The summed E-state index contributed by atoms with van der Waals surface area (Å²) in [4.78, 5) is 17.6. The molecule has 0 spiro atoms. The van der Waals surface area contributed by atoms with Gasteiger partial charge in [0.2, 0.25) is 0 Å². The molecule has 0 bridgehead atoms. The van der Waals surface area contributed by atoms with Gasteiger partial charge in [0.05, 0.1) is 6.21 Å². The van der Waals surface area contributed by atoms with E-state index in [1.807, 2.05) is 24.5 Å². The summed E-state index contributed by atoms with van der Waals surface area (Å²) in [6, 6.07) is 13.6. The SMILES string of the molecule is CSc1cccc(NC(=O)CO/N=C\c2ccccc2F)c1. The first-order valence-corrected chi connectivity index (χ1v) is 7.75. The fourth-order valence-electron chi connectivity index (χ4n) is 1.67. The first-order chi connectivity index (χ1) is 10.7. The molecule has 0 aliphatic rings. The van der Waals surface area contributed by atoms with Gasteiger partial charge in [-0.3, -0.25) is 4.79 Å². The number of carbonyl (C=O) groups excluding carboxylic acids is 1. The Kier molecular flexibility index (Phi) is 5.97. The quantitative estimate of drug-likeness (QED) is 0.503. The van der Waals surface area contributed by atoms with E-state index < -0.39 is 5.82 Å². The lowest BCUT2D eigenvalue weighted by Crippen LogP contribution is -2.16. The molecule has 22 heavy (non-hydrogen) atoms. The zero-order valence-electron chi connectivity index (χ0n) is 12.0. The van der Waals surface area contributed by atoms with Gasteiger partial charge in [0.15, 0.2) is 6.61 Å². The number of benzene rings is 2. The Labute approximate surface area is 132 Å². The van der Waals surface area contributed by atoms with Crippen LogP contribution in [0.5, 0.6) is 0 Å². The molecule has 2 aromatic rings. The van der Waals surface area contributed by atoms with Crippen molar-refractivity contribution >= 4 is 29.6 Å². The molecule has 6 heteroatoms. The second-order valence-electron chi connectivity index (χ2n) is 4.31. The number of thioether (sulfide) groups is 1. The molecule has 0 unspecified atom stereocenters. The van der Waals surface area contributed by atoms with E-state index in [-0.39, 0.29) is 12.5 Å². The van der Waals surface area contributed by atoms with Gasteiger partial charge in [0.25, 0.3) is 5.91 Å². The molecule has 2 aromatic carbocycles. The fourth-order valence-corrected chi connectivity index (χ4v) is 2.13. The zero-order valence-corrected chi connectivity index (χ0v) is 12.8. The van der Waals surface area contributed by atoms with Crippen molar-refractivity contribution in [2.24, 2.45) is 5.16 Å². The molecule has 114 valence electrons. The highest BCUT2D eigenvalue weighted by molar-refractivity contribution is 7.98. The molecule has 0 atom stereocenters. The van der Waals surface area contributed by atoms with E-state index >= 15 is 0 Å². The summed E-state index contributed by atoms with van der Waals surface area (Å²) in [6.07, 6.45) is 3.19. The minimum atomic E-state index is -0.395. The summed E-state index contributed by atoms with van der Waals surface area (Å²) in [6.45, 7) is -0.242. The third kappa shape index (κ3) is 4.89. The number of hydrogen-bond acceptors (Lipinski definition) is 4. The summed E-state index contributed by atoms with van der Waals surface area (Å²) in [7, 11) is 0. The molecule has 1 N–H and O–H groups in total. The molecule has 4 nitrogen and oxygen atoms in total. The lowest BCUT2D eigenvalue weighted by atomic mass is 10.2. The van der Waals surface area contributed by atoms with Crippen molar-refractivity contribution in [2.75, 3.05) is 18.2 Å². The van der Waals surface area contributed by atoms with Gasteiger partial charge in [-0.05, 0) is 30.5 Å². The van der Waals surface area contributed by atoms with Crippen molar-refractivity contribution < 1.29 is 14.0 Å². The van der Waals surface area contributed by atoms with Gasteiger partial charge in [-0.25, -0.2) is 4.39 Å². The second-order valence-corrected chi connectivity index (χ2v) is 5.19. The van der Waals surface area contributed by atoms with E-state index in [9.17, 15) is 9.18 Å². The Morgan fingerprint density at radius 2 is 2.14 bits per heavy atom. The van der Waals surface area contributed by atoms with Gasteiger partial charge in [-0.15, -0.1) is 11.8 Å². The van der Waals surface area contributed by atoms with Crippen LogP contribution in [0.2, 0.25) is 0 Å². The van der Waals surface area contributed by atoms with E-state index in [0.29, 0.717) is 11.3 Å². The fraction of sp³-hybridized carbons (Fsp3) is 0.125. The highest BCUT2D eigenvalue weighted by Gasteiger charge is 2.03. The van der Waals surface area contributed by atoms with Crippen LogP contribution in [0.3, 0.4) is 0 Å². The van der Waals surface area contributed by atoms with E-state index in [1.165, 1.54) is 12.3 Å². The molecule has 0 radical (unpaired) electrons. The van der Waals surface area contributed by atoms with Crippen molar-refractivity contribution in [1.82, 2.24) is 0 Å². The van der Waals surface area contributed by atoms with Gasteiger partial charge in [0, 0.05) is 16.1 Å². The number of hydrogen-bond donors (Lipinski definition) is 1. The molecule has 0 heterocycles. The van der Waals surface area contributed by atoms with Gasteiger partial charge in [-0.2, -0.15) is 0 Å². The third-order valence-corrected chi connectivity index (χ3v) is 3.45. The number of nitrogens with zero attached hydrogens (tertiary/aromatic N) is 1. The van der Waals surface area contributed by atoms with Crippen LogP contribution in [0.1, 0.15) is 5.56 Å². The van der Waals surface area contributed by atoms with E-state index in [2.05, 4.69) is 10.5 Å². The predicted molar refractivity (Wildman–Crippen MR) is 86.8 cm³/mol. The van der Waals surface area contributed by atoms with Crippen LogP contribution in [0, 0.1) is 5.82 Å². The number of oxime groups is 1. The number of amides is 1. The van der Waals surface area contributed by atoms with Crippen molar-refractivity contribution in [2.45, 2.75) is 4.90 Å². The molecule has 0 saturated carbocycles. The Balaban J connectivity index is 1.81. The first kappa shape index (κ1) is 16.0. The summed E-state index contributed by atoms with van der Waals surface area (Å²) in [5.41, 5.74) is 0.995. The molecule has 0 aliphatic heterocycles. The highest BCUT2D eigenvalue weighted by Crippen LogP contribution is 2.18. The standard InChI is InChI=1S/C16H15FN2O2S/c1-22-14-7-4-6-13(9-14)19-16(20)11-21-18-10-12-5-2-3-8-15(12)17/h2-10H,11H2,1H3,(H,19,20)/b18-10-. The molecule has 0 fully saturated rings.